The number of aryl methyl sites for hydroxylation is 1. The summed E-state index contributed by atoms with van der Waals surface area (Å²) in [6, 6.07) is 37.0. The van der Waals surface area contributed by atoms with Gasteiger partial charge in [-0.1, -0.05) is 153 Å². The van der Waals surface area contributed by atoms with E-state index in [0.717, 1.165) is 12.8 Å². The molecule has 4 aliphatic carbocycles. The van der Waals surface area contributed by atoms with Crippen molar-refractivity contribution in [2.75, 3.05) is 0 Å². The molecule has 8 rings (SSSR count). The zero-order valence-electron chi connectivity index (χ0n) is 36.1. The Hall–Kier alpha value is -2.57. The van der Waals surface area contributed by atoms with Crippen molar-refractivity contribution >= 4 is 8.78 Å². The van der Waals surface area contributed by atoms with Gasteiger partial charge >= 0.3 is 99.2 Å². The van der Waals surface area contributed by atoms with Gasteiger partial charge in [0.15, 0.2) is 0 Å². The molecule has 2 atom stereocenters. The van der Waals surface area contributed by atoms with E-state index in [9.17, 15) is 0 Å². The van der Waals surface area contributed by atoms with Gasteiger partial charge in [-0.25, -0.2) is 12.0 Å². The molecule has 0 radical (unpaired) electrons. The average Bonchev–Trinajstić information content (AvgIpc) is 3.81. The van der Waals surface area contributed by atoms with Crippen molar-refractivity contribution in [3.63, 3.8) is 0 Å². The second-order valence-corrected chi connectivity index (χ2v) is 20.2. The van der Waals surface area contributed by atoms with E-state index in [1.807, 2.05) is 0 Å². The molecule has 0 heterocycles. The van der Waals surface area contributed by atoms with Gasteiger partial charge in [-0.15, -0.1) is 6.92 Å². The van der Waals surface area contributed by atoms with E-state index in [4.69, 9.17) is 0 Å². The van der Waals surface area contributed by atoms with Gasteiger partial charge in [-0.3, -0.25) is 0 Å². The van der Waals surface area contributed by atoms with Gasteiger partial charge in [-0.05, 0) is 40.6 Å². The summed E-state index contributed by atoms with van der Waals surface area (Å²) in [6.45, 7) is 29.2. The number of fused-ring (bicyclic) bond motifs is 6. The predicted octanol–water partition coefficient (Wildman–Crippen LogP) is 8.04. The fraction of sp³-hybridized carbons (Fsp3) is 0.415. The Morgan fingerprint density at radius 2 is 1.36 bits per heavy atom. The third kappa shape index (κ3) is 7.81. The zero-order chi connectivity index (χ0) is 39.3. The third-order valence-corrected chi connectivity index (χ3v) is 16.4. The summed E-state index contributed by atoms with van der Waals surface area (Å²) < 4.78 is 1.42. The first-order valence-corrected chi connectivity index (χ1v) is 21.6. The molecule has 4 aliphatic rings. The van der Waals surface area contributed by atoms with E-state index in [-0.39, 0.29) is 46.5 Å². The number of allylic oxidation sites excluding steroid dienone is 6. The molecule has 0 amide bonds. The summed E-state index contributed by atoms with van der Waals surface area (Å²) in [5, 5.41) is 0. The fourth-order valence-electron chi connectivity index (χ4n) is 10.1. The zero-order valence-corrected chi connectivity index (χ0v) is 40.1. The van der Waals surface area contributed by atoms with Gasteiger partial charge in [-0.2, -0.15) is 34.4 Å². The first-order chi connectivity index (χ1) is 25.4. The molecule has 0 N–H and O–H groups in total. The van der Waals surface area contributed by atoms with Gasteiger partial charge < -0.3 is 24.8 Å². The molecule has 0 spiro atoms. The van der Waals surface area contributed by atoms with Gasteiger partial charge in [0.2, 0.25) is 0 Å². The van der Waals surface area contributed by atoms with E-state index in [0.29, 0.717) is 11.3 Å². The van der Waals surface area contributed by atoms with Crippen molar-refractivity contribution in [1.82, 2.24) is 0 Å². The van der Waals surface area contributed by atoms with Crippen molar-refractivity contribution in [2.45, 2.75) is 114 Å². The minimum absolute atomic E-state index is 0. The van der Waals surface area contributed by atoms with Crippen LogP contribution >= 0.6 is 0 Å². The number of halogens is 2. The van der Waals surface area contributed by atoms with Crippen LogP contribution in [-0.4, -0.2) is 3.21 Å². The van der Waals surface area contributed by atoms with Crippen LogP contribution in [0.25, 0.3) is 5.57 Å². The van der Waals surface area contributed by atoms with E-state index in [1.54, 1.807) is 28.2 Å². The van der Waals surface area contributed by atoms with Crippen LogP contribution in [0.1, 0.15) is 129 Å². The van der Waals surface area contributed by atoms with Crippen LogP contribution in [0.15, 0.2) is 132 Å². The molecule has 3 heteroatoms. The van der Waals surface area contributed by atoms with E-state index < -0.39 is 0 Å². The Bertz CT molecular complexity index is 2040. The maximum absolute atomic E-state index is 2.62. The molecule has 1 saturated carbocycles. The van der Waals surface area contributed by atoms with Gasteiger partial charge in [0.25, 0.3) is 0 Å². The molecule has 2 unspecified atom stereocenters. The van der Waals surface area contributed by atoms with Crippen molar-refractivity contribution in [3.8, 4) is 0 Å². The molecule has 1 fully saturated rings. The Labute approximate surface area is 368 Å². The summed E-state index contributed by atoms with van der Waals surface area (Å²) >= 11 is 1.46. The van der Waals surface area contributed by atoms with E-state index >= 15 is 0 Å². The quantitative estimate of drug-likeness (QED) is 0.183. The van der Waals surface area contributed by atoms with Gasteiger partial charge in [0, 0.05) is 0 Å². The molecule has 4 aromatic carbocycles. The summed E-state index contributed by atoms with van der Waals surface area (Å²) in [4.78, 5) is 0. The molecule has 0 bridgehead atoms. The Morgan fingerprint density at radius 1 is 0.804 bits per heavy atom. The molecule has 0 saturated heterocycles. The van der Waals surface area contributed by atoms with Crippen LogP contribution in [0.3, 0.4) is 0 Å². The first kappa shape index (κ1) is 46.1. The predicted molar refractivity (Wildman–Crippen MR) is 231 cm³/mol. The van der Waals surface area contributed by atoms with Crippen molar-refractivity contribution in [3.05, 3.63) is 171 Å². The molecule has 4 aromatic rings. The number of benzene rings is 3. The first-order valence-electron chi connectivity index (χ1n) is 20.4. The summed E-state index contributed by atoms with van der Waals surface area (Å²) in [7, 11) is 0. The molecule has 0 aliphatic heterocycles. The molecular formula is C53H64Cl2Zr-2. The number of hydrogen-bond donors (Lipinski definition) is 0. The standard InChI is InChI=1S/C29H37.C13H10.C11H17.2ClH.Zr/c1-18-25-22-17-19-13-9-10-14-20(19)24(22)21-15-11-12-16-23(21)29(25,8)28(6,7)27(4,5)26(18,2)3;1-3-7-12(8-4-1)11-13-9-5-2-6-10-13;1-5-9-6-7-10(8-9)11(2,3)4;;;/h9-11,13-15,23H,12,16-17H2,1-8H3;1-10H;6-8H,5H2,1-4H3;2*1H;/q-1;;-1;;;+2/p-2. The monoisotopic (exact) mass is 860 g/mol. The normalized spacial score (nSPS) is 22.0. The molecule has 296 valence electrons. The third-order valence-electron chi connectivity index (χ3n) is 15.0. The van der Waals surface area contributed by atoms with E-state index in [2.05, 4.69) is 198 Å². The van der Waals surface area contributed by atoms with Crippen molar-refractivity contribution < 1.29 is 49.0 Å². The Kier molecular flexibility index (Phi) is 14.3. The van der Waals surface area contributed by atoms with Crippen LogP contribution in [0.2, 0.25) is 0 Å². The molecule has 0 aromatic heterocycles. The maximum atomic E-state index is 2.62. The van der Waals surface area contributed by atoms with Crippen LogP contribution in [0.4, 0.5) is 0 Å². The average molecular weight is 863 g/mol. The van der Waals surface area contributed by atoms with Crippen LogP contribution < -0.4 is 24.8 Å². The Morgan fingerprint density at radius 3 is 1.88 bits per heavy atom. The SMILES string of the molecule is CCc1cc(C(C)(C)C)c[cH-]1.C[C-]1C2=C3Cc4ccccc4C3=C3C=CCCC3C2(C)C(C)(C)C(C)(C)C1(C)C.[Cl-].[Cl-].[Zr+2]=[C](c1ccccc1)c1ccccc1. The fourth-order valence-corrected chi connectivity index (χ4v) is 10.9. The minimum atomic E-state index is 0. The summed E-state index contributed by atoms with van der Waals surface area (Å²) in [6.07, 6.45) is 9.65. The Balaban J connectivity index is 0.000000215. The molecule has 56 heavy (non-hydrogen) atoms. The topological polar surface area (TPSA) is 0 Å². The van der Waals surface area contributed by atoms with Crippen LogP contribution in [-0.2, 0) is 42.5 Å². The summed E-state index contributed by atoms with van der Waals surface area (Å²) in [5.74, 6) is 2.24. The van der Waals surface area contributed by atoms with Crippen molar-refractivity contribution in [1.29, 1.82) is 0 Å². The second-order valence-electron chi connectivity index (χ2n) is 19.0. The van der Waals surface area contributed by atoms with Gasteiger partial charge in [0.05, 0.1) is 0 Å². The van der Waals surface area contributed by atoms with Crippen molar-refractivity contribution in [2.24, 2.45) is 27.6 Å². The van der Waals surface area contributed by atoms with E-state index in [1.165, 1.54) is 73.7 Å². The summed E-state index contributed by atoms with van der Waals surface area (Å²) in [5.41, 5.74) is 16.2. The van der Waals surface area contributed by atoms with Crippen LogP contribution in [0, 0.1) is 33.5 Å². The number of hydrogen-bond acceptors (Lipinski definition) is 0. The molecule has 0 nitrogen and oxygen atoms in total. The van der Waals surface area contributed by atoms with Crippen LogP contribution in [0.5, 0.6) is 0 Å². The number of rotatable bonds is 3. The second kappa shape index (κ2) is 17.3. The van der Waals surface area contributed by atoms with Gasteiger partial charge in [0.1, 0.15) is 0 Å². The molecular weight excluding hydrogens is 799 g/mol.